The molecule has 0 aromatic heterocycles. The number of carbonyl (C=O) groups is 1. The minimum absolute atomic E-state index is 0.320. The second kappa shape index (κ2) is 6.24. The number of alkyl carbamates (subject to hydrolysis) is 1. The Hall–Kier alpha value is -0.770. The van der Waals surface area contributed by atoms with Crippen molar-refractivity contribution in [2.24, 2.45) is 5.92 Å². The van der Waals surface area contributed by atoms with E-state index < -0.39 is 5.60 Å². The van der Waals surface area contributed by atoms with Gasteiger partial charge in [0.05, 0.1) is 0 Å². The Bertz CT molecular complexity index is 248. The fraction of sp³-hybridized carbons (Fsp3) is 0.923. The minimum atomic E-state index is -0.422. The van der Waals surface area contributed by atoms with Gasteiger partial charge in [0.1, 0.15) is 5.60 Å². The lowest BCUT2D eigenvalue weighted by Gasteiger charge is -2.32. The van der Waals surface area contributed by atoms with Gasteiger partial charge in [-0.05, 0) is 46.1 Å². The van der Waals surface area contributed by atoms with Gasteiger partial charge < -0.3 is 15.4 Å². The monoisotopic (exact) mass is 242 g/mol. The van der Waals surface area contributed by atoms with Crippen molar-refractivity contribution in [3.8, 4) is 0 Å². The van der Waals surface area contributed by atoms with Gasteiger partial charge in [-0.15, -0.1) is 0 Å². The van der Waals surface area contributed by atoms with Crippen molar-refractivity contribution in [2.75, 3.05) is 13.1 Å². The van der Waals surface area contributed by atoms with Crippen molar-refractivity contribution < 1.29 is 9.53 Å². The zero-order valence-corrected chi connectivity index (χ0v) is 11.5. The van der Waals surface area contributed by atoms with Gasteiger partial charge >= 0.3 is 6.09 Å². The molecule has 4 heteroatoms. The lowest BCUT2D eigenvalue weighted by atomic mass is 9.89. The molecular weight excluding hydrogens is 216 g/mol. The molecule has 0 bridgehead atoms. The van der Waals surface area contributed by atoms with E-state index in [4.69, 9.17) is 4.74 Å². The predicted molar refractivity (Wildman–Crippen MR) is 69.0 cm³/mol. The van der Waals surface area contributed by atoms with Gasteiger partial charge in [-0.25, -0.2) is 4.79 Å². The van der Waals surface area contributed by atoms with Crippen LogP contribution in [0.4, 0.5) is 4.79 Å². The summed E-state index contributed by atoms with van der Waals surface area (Å²) in [6, 6.07) is 0.390. The molecule has 1 fully saturated rings. The fourth-order valence-corrected chi connectivity index (χ4v) is 2.25. The summed E-state index contributed by atoms with van der Waals surface area (Å²) in [7, 11) is 0. The van der Waals surface area contributed by atoms with E-state index in [1.54, 1.807) is 0 Å². The van der Waals surface area contributed by atoms with Crippen LogP contribution in [0.25, 0.3) is 0 Å². The summed E-state index contributed by atoms with van der Waals surface area (Å²) in [5.41, 5.74) is -0.422. The number of piperidine rings is 1. The lowest BCUT2D eigenvalue weighted by Crippen LogP contribution is -2.49. The number of hydrogen-bond donors (Lipinski definition) is 2. The third kappa shape index (κ3) is 5.39. The molecule has 1 amide bonds. The smallest absolute Gasteiger partial charge is 0.407 e. The summed E-state index contributed by atoms with van der Waals surface area (Å²) in [5.74, 6) is 0.665. The first-order valence-corrected chi connectivity index (χ1v) is 6.62. The molecule has 1 aliphatic heterocycles. The first kappa shape index (κ1) is 14.3. The Balaban J connectivity index is 2.31. The summed E-state index contributed by atoms with van der Waals surface area (Å²) in [6.07, 6.45) is 3.33. The molecular formula is C13H26N2O2. The fourth-order valence-electron chi connectivity index (χ4n) is 2.25. The van der Waals surface area contributed by atoms with E-state index in [1.165, 1.54) is 12.8 Å². The molecule has 1 aliphatic rings. The third-order valence-electron chi connectivity index (χ3n) is 3.12. The number of ether oxygens (including phenoxy) is 1. The van der Waals surface area contributed by atoms with E-state index in [9.17, 15) is 4.79 Å². The van der Waals surface area contributed by atoms with Crippen LogP contribution in [-0.2, 0) is 4.74 Å². The highest BCUT2D eigenvalue weighted by atomic mass is 16.6. The second-order valence-electron chi connectivity index (χ2n) is 5.75. The van der Waals surface area contributed by atoms with E-state index in [0.717, 1.165) is 13.0 Å². The van der Waals surface area contributed by atoms with Gasteiger partial charge in [-0.1, -0.05) is 13.3 Å². The highest BCUT2D eigenvalue weighted by Gasteiger charge is 2.24. The van der Waals surface area contributed by atoms with E-state index in [-0.39, 0.29) is 6.09 Å². The van der Waals surface area contributed by atoms with Gasteiger partial charge in [0, 0.05) is 12.6 Å². The van der Waals surface area contributed by atoms with Crippen LogP contribution in [0.3, 0.4) is 0 Å². The van der Waals surface area contributed by atoms with E-state index in [0.29, 0.717) is 18.5 Å². The van der Waals surface area contributed by atoms with E-state index >= 15 is 0 Å². The third-order valence-corrected chi connectivity index (χ3v) is 3.12. The van der Waals surface area contributed by atoms with Crippen LogP contribution in [0.5, 0.6) is 0 Å². The van der Waals surface area contributed by atoms with Crippen molar-refractivity contribution in [2.45, 2.75) is 58.6 Å². The average Bonchev–Trinajstić information content (AvgIpc) is 2.24. The Morgan fingerprint density at radius 1 is 1.47 bits per heavy atom. The summed E-state index contributed by atoms with van der Waals surface area (Å²) >= 11 is 0. The van der Waals surface area contributed by atoms with Gasteiger partial charge in [0.15, 0.2) is 0 Å². The molecule has 4 nitrogen and oxygen atoms in total. The quantitative estimate of drug-likeness (QED) is 0.798. The molecule has 1 rings (SSSR count). The second-order valence-corrected chi connectivity index (χ2v) is 5.75. The van der Waals surface area contributed by atoms with Crippen LogP contribution in [0.1, 0.15) is 47.0 Å². The maximum absolute atomic E-state index is 11.5. The molecule has 0 aliphatic carbocycles. The number of nitrogens with one attached hydrogen (secondary N) is 2. The summed E-state index contributed by atoms with van der Waals surface area (Å²) < 4.78 is 5.22. The molecule has 17 heavy (non-hydrogen) atoms. The Morgan fingerprint density at radius 2 is 2.18 bits per heavy atom. The first-order valence-electron chi connectivity index (χ1n) is 6.62. The van der Waals surface area contributed by atoms with Crippen molar-refractivity contribution in [3.63, 3.8) is 0 Å². The maximum Gasteiger partial charge on any atom is 0.407 e. The lowest BCUT2D eigenvalue weighted by molar-refractivity contribution is 0.0515. The topological polar surface area (TPSA) is 50.4 Å². The summed E-state index contributed by atoms with van der Waals surface area (Å²) in [4.78, 5) is 11.5. The molecule has 0 spiro atoms. The maximum atomic E-state index is 11.5. The van der Waals surface area contributed by atoms with Crippen molar-refractivity contribution in [1.82, 2.24) is 10.6 Å². The van der Waals surface area contributed by atoms with Gasteiger partial charge in [-0.2, -0.15) is 0 Å². The van der Waals surface area contributed by atoms with E-state index in [1.807, 2.05) is 20.8 Å². The molecule has 100 valence electrons. The Kier molecular flexibility index (Phi) is 5.25. The number of rotatable bonds is 3. The van der Waals surface area contributed by atoms with Crippen molar-refractivity contribution in [1.29, 1.82) is 0 Å². The van der Waals surface area contributed by atoms with Gasteiger partial charge in [0.2, 0.25) is 0 Å². The van der Waals surface area contributed by atoms with Gasteiger partial charge in [0.25, 0.3) is 0 Å². The molecule has 0 saturated carbocycles. The van der Waals surface area contributed by atoms with Crippen LogP contribution < -0.4 is 10.6 Å². The zero-order chi connectivity index (χ0) is 12.9. The Morgan fingerprint density at radius 3 is 2.76 bits per heavy atom. The summed E-state index contributed by atoms with van der Waals surface area (Å²) in [5, 5.41) is 6.32. The van der Waals surface area contributed by atoms with Crippen LogP contribution in [-0.4, -0.2) is 30.8 Å². The molecule has 1 heterocycles. The first-order chi connectivity index (χ1) is 7.92. The molecule has 2 unspecified atom stereocenters. The highest BCUT2D eigenvalue weighted by molar-refractivity contribution is 5.67. The molecule has 1 saturated heterocycles. The van der Waals surface area contributed by atoms with Crippen LogP contribution in [0.2, 0.25) is 0 Å². The summed E-state index contributed by atoms with van der Waals surface area (Å²) in [6.45, 7) is 9.55. The highest BCUT2D eigenvalue weighted by Crippen LogP contribution is 2.19. The van der Waals surface area contributed by atoms with Crippen LogP contribution >= 0.6 is 0 Å². The van der Waals surface area contributed by atoms with Crippen LogP contribution in [0.15, 0.2) is 0 Å². The molecule has 2 atom stereocenters. The zero-order valence-electron chi connectivity index (χ0n) is 11.5. The predicted octanol–water partition coefficient (Wildman–Crippen LogP) is 2.29. The molecule has 0 radical (unpaired) electrons. The van der Waals surface area contributed by atoms with Crippen molar-refractivity contribution >= 4 is 6.09 Å². The number of carbonyl (C=O) groups excluding carboxylic acids is 1. The van der Waals surface area contributed by atoms with Crippen LogP contribution in [0, 0.1) is 5.92 Å². The average molecular weight is 242 g/mol. The normalized spacial score (nSPS) is 25.4. The largest absolute Gasteiger partial charge is 0.444 e. The molecule has 2 N–H and O–H groups in total. The number of hydrogen-bond acceptors (Lipinski definition) is 3. The number of amides is 1. The van der Waals surface area contributed by atoms with Gasteiger partial charge in [-0.3, -0.25) is 0 Å². The Labute approximate surface area is 104 Å². The minimum Gasteiger partial charge on any atom is -0.444 e. The standard InChI is InChI=1S/C13H26N2O2/c1-5-10-7-6-8-14-11(10)9-15-12(16)17-13(2,3)4/h10-11,14H,5-9H2,1-4H3,(H,15,16). The van der Waals surface area contributed by atoms with Crippen molar-refractivity contribution in [3.05, 3.63) is 0 Å². The van der Waals surface area contributed by atoms with E-state index in [2.05, 4.69) is 17.6 Å². The molecule has 0 aromatic rings. The molecule has 0 aromatic carbocycles. The SMILES string of the molecule is CCC1CCCNC1CNC(=O)OC(C)(C)C.